The predicted molar refractivity (Wildman–Crippen MR) is 74.0 cm³/mol. The van der Waals surface area contributed by atoms with Gasteiger partial charge in [0, 0.05) is 6.04 Å². The molecule has 0 aromatic carbocycles. The summed E-state index contributed by atoms with van der Waals surface area (Å²) in [5.41, 5.74) is 0. The molecule has 2 amide bonds. The second kappa shape index (κ2) is 7.36. The van der Waals surface area contributed by atoms with E-state index in [2.05, 4.69) is 24.5 Å². The quantitative estimate of drug-likeness (QED) is 0.717. The second-order valence-corrected chi connectivity index (χ2v) is 5.76. The van der Waals surface area contributed by atoms with Crippen molar-refractivity contribution in [1.29, 1.82) is 0 Å². The molecule has 0 radical (unpaired) electrons. The van der Waals surface area contributed by atoms with Gasteiger partial charge in [-0.2, -0.15) is 0 Å². The summed E-state index contributed by atoms with van der Waals surface area (Å²) in [6.45, 7) is 6.34. The third kappa shape index (κ3) is 5.09. The molecule has 1 aliphatic rings. The van der Waals surface area contributed by atoms with Crippen molar-refractivity contribution in [2.24, 2.45) is 11.8 Å². The Morgan fingerprint density at radius 1 is 1.26 bits per heavy atom. The zero-order valence-corrected chi connectivity index (χ0v) is 12.1. The van der Waals surface area contributed by atoms with Crippen LogP contribution in [0.2, 0.25) is 0 Å². The van der Waals surface area contributed by atoms with E-state index in [9.17, 15) is 9.59 Å². The molecule has 19 heavy (non-hydrogen) atoms. The first-order valence-electron chi connectivity index (χ1n) is 7.23. The maximum Gasteiger partial charge on any atom is 0.326 e. The fraction of sp³-hybridized carbons (Fsp3) is 0.857. The molecular weight excluding hydrogens is 244 g/mol. The van der Waals surface area contributed by atoms with E-state index in [1.807, 2.05) is 6.92 Å². The van der Waals surface area contributed by atoms with Gasteiger partial charge >= 0.3 is 12.0 Å². The lowest BCUT2D eigenvalue weighted by Gasteiger charge is -2.32. The molecule has 0 saturated heterocycles. The summed E-state index contributed by atoms with van der Waals surface area (Å²) in [5.74, 6) is 0.334. The third-order valence-corrected chi connectivity index (χ3v) is 4.11. The van der Waals surface area contributed by atoms with Crippen molar-refractivity contribution in [2.75, 3.05) is 0 Å². The Morgan fingerprint density at radius 3 is 2.47 bits per heavy atom. The smallest absolute Gasteiger partial charge is 0.326 e. The van der Waals surface area contributed by atoms with Crippen molar-refractivity contribution >= 4 is 12.0 Å². The minimum absolute atomic E-state index is 0.169. The molecule has 0 aliphatic heterocycles. The van der Waals surface area contributed by atoms with Gasteiger partial charge in [-0.15, -0.1) is 0 Å². The lowest BCUT2D eigenvalue weighted by molar-refractivity contribution is -0.139. The predicted octanol–water partition coefficient (Wildman–Crippen LogP) is 2.36. The van der Waals surface area contributed by atoms with Gasteiger partial charge in [-0.25, -0.2) is 9.59 Å². The van der Waals surface area contributed by atoms with Crippen molar-refractivity contribution < 1.29 is 14.7 Å². The zero-order chi connectivity index (χ0) is 14.4. The molecule has 1 rings (SSSR count). The number of carboxylic acids is 1. The van der Waals surface area contributed by atoms with Crippen LogP contribution in [-0.2, 0) is 4.79 Å². The Labute approximate surface area is 115 Å². The average Bonchev–Trinajstić information content (AvgIpc) is 2.33. The Balaban J connectivity index is 2.40. The molecule has 5 heteroatoms. The van der Waals surface area contributed by atoms with E-state index in [-0.39, 0.29) is 12.1 Å². The molecule has 5 nitrogen and oxygen atoms in total. The highest BCUT2D eigenvalue weighted by Crippen LogP contribution is 2.29. The first-order valence-corrected chi connectivity index (χ1v) is 7.23. The number of aliphatic carboxylic acids is 1. The number of carbonyl (C=O) groups is 2. The molecule has 3 N–H and O–H groups in total. The van der Waals surface area contributed by atoms with Crippen molar-refractivity contribution in [3.63, 3.8) is 0 Å². The Hall–Kier alpha value is -1.26. The number of hydrogen-bond donors (Lipinski definition) is 3. The minimum Gasteiger partial charge on any atom is -0.480 e. The maximum absolute atomic E-state index is 11.8. The number of amides is 2. The van der Waals surface area contributed by atoms with Gasteiger partial charge in [0.05, 0.1) is 0 Å². The zero-order valence-electron chi connectivity index (χ0n) is 12.1. The molecule has 110 valence electrons. The van der Waals surface area contributed by atoms with E-state index in [1.54, 1.807) is 0 Å². The van der Waals surface area contributed by atoms with Gasteiger partial charge in [0.15, 0.2) is 0 Å². The molecule has 0 heterocycles. The number of carbonyl (C=O) groups excluding carboxylic acids is 1. The summed E-state index contributed by atoms with van der Waals surface area (Å²) in [7, 11) is 0. The van der Waals surface area contributed by atoms with Crippen LogP contribution in [0.15, 0.2) is 0 Å². The summed E-state index contributed by atoms with van der Waals surface area (Å²) >= 11 is 0. The van der Waals surface area contributed by atoms with Crippen LogP contribution >= 0.6 is 0 Å². The SMILES string of the molecule is CCC[C@H](NC(=O)NC1CCC(C)C(C)C1)C(=O)O. The van der Waals surface area contributed by atoms with Crippen LogP contribution in [0, 0.1) is 11.8 Å². The second-order valence-electron chi connectivity index (χ2n) is 5.76. The van der Waals surface area contributed by atoms with E-state index >= 15 is 0 Å². The monoisotopic (exact) mass is 270 g/mol. The lowest BCUT2D eigenvalue weighted by Crippen LogP contribution is -2.50. The first kappa shape index (κ1) is 15.8. The third-order valence-electron chi connectivity index (χ3n) is 4.11. The number of hydrogen-bond acceptors (Lipinski definition) is 2. The summed E-state index contributed by atoms with van der Waals surface area (Å²) in [6, 6.07) is -0.972. The first-order chi connectivity index (χ1) is 8.93. The standard InChI is InChI=1S/C14H26N2O3/c1-4-5-12(13(17)18)16-14(19)15-11-7-6-9(2)10(3)8-11/h9-12H,4-8H2,1-3H3,(H,17,18)(H2,15,16,19)/t9?,10?,11?,12-/m0/s1. The fourth-order valence-electron chi connectivity index (χ4n) is 2.61. The van der Waals surface area contributed by atoms with Gasteiger partial charge in [-0.1, -0.05) is 27.2 Å². The van der Waals surface area contributed by atoms with Gasteiger partial charge < -0.3 is 15.7 Å². The molecule has 0 bridgehead atoms. The van der Waals surface area contributed by atoms with Gasteiger partial charge in [-0.05, 0) is 37.5 Å². The van der Waals surface area contributed by atoms with Gasteiger partial charge in [0.2, 0.25) is 0 Å². The molecule has 1 fully saturated rings. The highest BCUT2D eigenvalue weighted by atomic mass is 16.4. The summed E-state index contributed by atoms with van der Waals surface area (Å²) in [6.07, 6.45) is 4.25. The van der Waals surface area contributed by atoms with Crippen LogP contribution in [0.25, 0.3) is 0 Å². The largest absolute Gasteiger partial charge is 0.480 e. The highest BCUT2D eigenvalue weighted by Gasteiger charge is 2.26. The molecule has 1 aliphatic carbocycles. The molecule has 0 aromatic heterocycles. The van der Waals surface area contributed by atoms with Crippen LogP contribution in [-0.4, -0.2) is 29.2 Å². The van der Waals surface area contributed by atoms with Crippen molar-refractivity contribution in [1.82, 2.24) is 10.6 Å². The van der Waals surface area contributed by atoms with Crippen LogP contribution in [0.4, 0.5) is 4.79 Å². The molecule has 4 atom stereocenters. The highest BCUT2D eigenvalue weighted by molar-refractivity contribution is 5.82. The number of rotatable bonds is 5. The van der Waals surface area contributed by atoms with Crippen LogP contribution < -0.4 is 10.6 Å². The van der Waals surface area contributed by atoms with E-state index < -0.39 is 12.0 Å². The summed E-state index contributed by atoms with van der Waals surface area (Å²) in [4.78, 5) is 22.8. The van der Waals surface area contributed by atoms with Crippen LogP contribution in [0.1, 0.15) is 52.9 Å². The molecule has 1 saturated carbocycles. The summed E-state index contributed by atoms with van der Waals surface area (Å²) < 4.78 is 0. The van der Waals surface area contributed by atoms with Crippen molar-refractivity contribution in [3.05, 3.63) is 0 Å². The van der Waals surface area contributed by atoms with Crippen molar-refractivity contribution in [3.8, 4) is 0 Å². The van der Waals surface area contributed by atoms with Gasteiger partial charge in [0.1, 0.15) is 6.04 Å². The fourth-order valence-corrected chi connectivity index (χ4v) is 2.61. The maximum atomic E-state index is 11.8. The Kier molecular flexibility index (Phi) is 6.12. The lowest BCUT2D eigenvalue weighted by atomic mass is 9.79. The van der Waals surface area contributed by atoms with Crippen LogP contribution in [0.3, 0.4) is 0 Å². The normalized spacial score (nSPS) is 28.5. The molecule has 3 unspecified atom stereocenters. The van der Waals surface area contributed by atoms with Gasteiger partial charge in [-0.3, -0.25) is 0 Å². The van der Waals surface area contributed by atoms with E-state index in [1.165, 1.54) is 0 Å². The topological polar surface area (TPSA) is 78.4 Å². The van der Waals surface area contributed by atoms with E-state index in [0.29, 0.717) is 18.3 Å². The van der Waals surface area contributed by atoms with E-state index in [4.69, 9.17) is 5.11 Å². The van der Waals surface area contributed by atoms with E-state index in [0.717, 1.165) is 25.7 Å². The average molecular weight is 270 g/mol. The number of carboxylic acid groups (broad SMARTS) is 1. The minimum atomic E-state index is -0.970. The molecule has 0 spiro atoms. The molecular formula is C14H26N2O3. The number of urea groups is 1. The Morgan fingerprint density at radius 2 is 1.95 bits per heavy atom. The molecule has 0 aromatic rings. The summed E-state index contributed by atoms with van der Waals surface area (Å²) in [5, 5.41) is 14.4. The van der Waals surface area contributed by atoms with Crippen molar-refractivity contribution in [2.45, 2.75) is 65.0 Å². The number of nitrogens with one attached hydrogen (secondary N) is 2. The van der Waals surface area contributed by atoms with Gasteiger partial charge in [0.25, 0.3) is 0 Å². The Bertz CT molecular complexity index is 320. The van der Waals surface area contributed by atoms with Crippen LogP contribution in [0.5, 0.6) is 0 Å².